The van der Waals surface area contributed by atoms with Gasteiger partial charge in [-0.2, -0.15) is 0 Å². The van der Waals surface area contributed by atoms with Crippen molar-refractivity contribution in [2.75, 3.05) is 7.05 Å². The highest BCUT2D eigenvalue weighted by Gasteiger charge is 2.28. The number of hydrogen-bond donors (Lipinski definition) is 0. The summed E-state index contributed by atoms with van der Waals surface area (Å²) >= 11 is 0. The lowest BCUT2D eigenvalue weighted by atomic mass is 9.85. The maximum absolute atomic E-state index is 12.6. The van der Waals surface area contributed by atoms with Crippen molar-refractivity contribution >= 4 is 11.6 Å². The van der Waals surface area contributed by atoms with Crippen molar-refractivity contribution in [3.8, 4) is 0 Å². The van der Waals surface area contributed by atoms with Crippen molar-refractivity contribution in [1.29, 1.82) is 0 Å². The number of amides is 1. The predicted molar refractivity (Wildman–Crippen MR) is 81.3 cm³/mol. The van der Waals surface area contributed by atoms with Gasteiger partial charge < -0.3 is 4.90 Å². The van der Waals surface area contributed by atoms with Gasteiger partial charge in [0, 0.05) is 30.3 Å². The van der Waals surface area contributed by atoms with Crippen LogP contribution in [0.4, 0.5) is 5.69 Å². The molecule has 0 spiro atoms. The quantitative estimate of drug-likeness (QED) is 0.631. The summed E-state index contributed by atoms with van der Waals surface area (Å²) in [6.45, 7) is 3.85. The second kappa shape index (κ2) is 6.24. The number of carbonyl (C=O) groups excluding carboxylic acids is 1. The maximum atomic E-state index is 12.6. The molecular formula is C16H22N2O3. The van der Waals surface area contributed by atoms with Gasteiger partial charge in [-0.25, -0.2) is 0 Å². The van der Waals surface area contributed by atoms with E-state index < -0.39 is 4.92 Å². The zero-order chi connectivity index (χ0) is 15.6. The Labute approximate surface area is 125 Å². The Bertz CT molecular complexity index is 556. The summed E-state index contributed by atoms with van der Waals surface area (Å²) in [5.41, 5.74) is 1.11. The van der Waals surface area contributed by atoms with E-state index >= 15 is 0 Å². The minimum absolute atomic E-state index is 0.0493. The van der Waals surface area contributed by atoms with E-state index in [1.54, 1.807) is 19.1 Å². The molecule has 0 bridgehead atoms. The molecule has 1 aliphatic rings. The predicted octanol–water partition coefficient (Wildman–Crippen LogP) is 3.55. The Hall–Kier alpha value is -1.91. The van der Waals surface area contributed by atoms with E-state index in [4.69, 9.17) is 0 Å². The van der Waals surface area contributed by atoms with Crippen molar-refractivity contribution in [3.63, 3.8) is 0 Å². The van der Waals surface area contributed by atoms with Gasteiger partial charge in [0.05, 0.1) is 4.92 Å². The van der Waals surface area contributed by atoms with Crippen LogP contribution in [0.15, 0.2) is 18.2 Å². The molecule has 1 aliphatic carbocycles. The molecule has 1 fully saturated rings. The Morgan fingerprint density at radius 2 is 2.00 bits per heavy atom. The summed E-state index contributed by atoms with van der Waals surface area (Å²) in [4.78, 5) is 24.8. The van der Waals surface area contributed by atoms with E-state index in [0.29, 0.717) is 17.0 Å². The van der Waals surface area contributed by atoms with Crippen LogP contribution in [-0.4, -0.2) is 28.8 Å². The van der Waals surface area contributed by atoms with E-state index in [-0.39, 0.29) is 17.6 Å². The minimum atomic E-state index is -0.420. The number of hydrogen-bond acceptors (Lipinski definition) is 3. The first-order valence-electron chi connectivity index (χ1n) is 7.44. The van der Waals surface area contributed by atoms with E-state index in [0.717, 1.165) is 19.3 Å². The van der Waals surface area contributed by atoms with Crippen molar-refractivity contribution in [2.24, 2.45) is 5.92 Å². The summed E-state index contributed by atoms with van der Waals surface area (Å²) in [6.07, 6.45) is 4.58. The molecule has 0 radical (unpaired) electrons. The normalized spacial score (nSPS) is 21.9. The summed E-state index contributed by atoms with van der Waals surface area (Å²) in [5, 5.41) is 10.8. The fraction of sp³-hybridized carbons (Fsp3) is 0.562. The van der Waals surface area contributed by atoms with E-state index in [1.165, 1.54) is 12.5 Å². The van der Waals surface area contributed by atoms with Gasteiger partial charge in [0.2, 0.25) is 0 Å². The van der Waals surface area contributed by atoms with Crippen molar-refractivity contribution in [1.82, 2.24) is 4.90 Å². The van der Waals surface area contributed by atoms with Gasteiger partial charge in [-0.3, -0.25) is 14.9 Å². The van der Waals surface area contributed by atoms with Gasteiger partial charge in [-0.15, -0.1) is 0 Å². The first-order chi connectivity index (χ1) is 9.91. The lowest BCUT2D eigenvalue weighted by molar-refractivity contribution is -0.385. The molecule has 2 unspecified atom stereocenters. The Kier molecular flexibility index (Phi) is 4.60. The fourth-order valence-corrected chi connectivity index (χ4v) is 3.22. The van der Waals surface area contributed by atoms with Crippen LogP contribution >= 0.6 is 0 Å². The largest absolute Gasteiger partial charge is 0.338 e. The second-order valence-electron chi connectivity index (χ2n) is 6.00. The molecule has 0 aliphatic heterocycles. The van der Waals surface area contributed by atoms with Crippen LogP contribution in [0.3, 0.4) is 0 Å². The zero-order valence-corrected chi connectivity index (χ0v) is 12.8. The molecule has 1 aromatic rings. The highest BCUT2D eigenvalue weighted by atomic mass is 16.6. The van der Waals surface area contributed by atoms with Gasteiger partial charge in [0.15, 0.2) is 0 Å². The third kappa shape index (κ3) is 3.23. The molecule has 0 heterocycles. The molecular weight excluding hydrogens is 268 g/mol. The number of benzene rings is 1. The number of aryl methyl sites for hydroxylation is 1. The molecule has 114 valence electrons. The van der Waals surface area contributed by atoms with Crippen LogP contribution in [0.1, 0.15) is 48.5 Å². The second-order valence-corrected chi connectivity index (χ2v) is 6.00. The third-order valence-electron chi connectivity index (χ3n) is 4.52. The van der Waals surface area contributed by atoms with Crippen LogP contribution in [0, 0.1) is 23.0 Å². The number of carbonyl (C=O) groups is 1. The SMILES string of the molecule is Cc1cc(C(=O)N(C)C2CCCCC2C)ccc1[N+](=O)[O-]. The molecule has 5 heteroatoms. The Morgan fingerprint density at radius 1 is 1.33 bits per heavy atom. The summed E-state index contributed by atoms with van der Waals surface area (Å²) in [7, 11) is 1.84. The topological polar surface area (TPSA) is 63.5 Å². The molecule has 1 aromatic carbocycles. The first-order valence-corrected chi connectivity index (χ1v) is 7.44. The van der Waals surface area contributed by atoms with Crippen LogP contribution in [-0.2, 0) is 0 Å². The van der Waals surface area contributed by atoms with E-state index in [2.05, 4.69) is 6.92 Å². The van der Waals surface area contributed by atoms with Crippen LogP contribution in [0.5, 0.6) is 0 Å². The standard InChI is InChI=1S/C16H22N2O3/c1-11-6-4-5-7-14(11)17(3)16(19)13-8-9-15(18(20)21)12(2)10-13/h8-11,14H,4-7H2,1-3H3. The van der Waals surface area contributed by atoms with Crippen LogP contribution < -0.4 is 0 Å². The highest BCUT2D eigenvalue weighted by molar-refractivity contribution is 5.94. The smallest absolute Gasteiger partial charge is 0.272 e. The molecule has 0 saturated heterocycles. The van der Waals surface area contributed by atoms with Crippen molar-refractivity contribution in [3.05, 3.63) is 39.4 Å². The lowest BCUT2D eigenvalue weighted by Gasteiger charge is -2.36. The molecule has 1 saturated carbocycles. The number of rotatable bonds is 3. The molecule has 0 N–H and O–H groups in total. The van der Waals surface area contributed by atoms with Gasteiger partial charge in [-0.1, -0.05) is 19.8 Å². The van der Waals surface area contributed by atoms with Crippen molar-refractivity contribution in [2.45, 2.75) is 45.6 Å². The third-order valence-corrected chi connectivity index (χ3v) is 4.52. The summed E-state index contributed by atoms with van der Waals surface area (Å²) in [6, 6.07) is 4.85. The van der Waals surface area contributed by atoms with E-state index in [1.807, 2.05) is 11.9 Å². The molecule has 5 nitrogen and oxygen atoms in total. The number of nitro groups is 1. The van der Waals surface area contributed by atoms with Gasteiger partial charge in [0.25, 0.3) is 11.6 Å². The molecule has 1 amide bonds. The van der Waals surface area contributed by atoms with Crippen LogP contribution in [0.25, 0.3) is 0 Å². The number of nitrogens with zero attached hydrogens (tertiary/aromatic N) is 2. The van der Waals surface area contributed by atoms with Crippen LogP contribution in [0.2, 0.25) is 0 Å². The Morgan fingerprint density at radius 3 is 2.57 bits per heavy atom. The average Bonchev–Trinajstić information content (AvgIpc) is 2.45. The molecule has 21 heavy (non-hydrogen) atoms. The summed E-state index contributed by atoms with van der Waals surface area (Å²) in [5.74, 6) is 0.457. The first kappa shape index (κ1) is 15.5. The summed E-state index contributed by atoms with van der Waals surface area (Å²) < 4.78 is 0. The van der Waals surface area contributed by atoms with Gasteiger partial charge in [0.1, 0.15) is 0 Å². The van der Waals surface area contributed by atoms with E-state index in [9.17, 15) is 14.9 Å². The van der Waals surface area contributed by atoms with Crippen molar-refractivity contribution < 1.29 is 9.72 Å². The highest BCUT2D eigenvalue weighted by Crippen LogP contribution is 2.28. The van der Waals surface area contributed by atoms with Gasteiger partial charge in [-0.05, 0) is 37.8 Å². The molecule has 2 rings (SSSR count). The average molecular weight is 290 g/mol. The van der Waals surface area contributed by atoms with Gasteiger partial charge >= 0.3 is 0 Å². The molecule has 0 aromatic heterocycles. The zero-order valence-electron chi connectivity index (χ0n) is 12.8. The minimum Gasteiger partial charge on any atom is -0.338 e. The monoisotopic (exact) mass is 290 g/mol. The molecule has 2 atom stereocenters. The number of nitro benzene ring substituents is 1. The Balaban J connectivity index is 2.19. The fourth-order valence-electron chi connectivity index (χ4n) is 3.22. The lowest BCUT2D eigenvalue weighted by Crippen LogP contribution is -2.42. The maximum Gasteiger partial charge on any atom is 0.272 e.